The van der Waals surface area contributed by atoms with Gasteiger partial charge >= 0.3 is 47.8 Å². The molecule has 0 amide bonds. The van der Waals surface area contributed by atoms with Gasteiger partial charge < -0.3 is 35.4 Å². The maximum absolute atomic E-state index is 13.2. The maximum atomic E-state index is 13.2. The van der Waals surface area contributed by atoms with Crippen LogP contribution in [-0.4, -0.2) is 78.4 Å². The van der Waals surface area contributed by atoms with E-state index in [1.165, 1.54) is 24.3 Å². The molecule has 12 unspecified atom stereocenters. The number of carboxylic acid groups (broad SMARTS) is 6. The van der Waals surface area contributed by atoms with E-state index in [4.69, 9.17) is 4.74 Å². The summed E-state index contributed by atoms with van der Waals surface area (Å²) >= 11 is 0. The van der Waals surface area contributed by atoms with Gasteiger partial charge in [-0.2, -0.15) is 0 Å². The van der Waals surface area contributed by atoms with Crippen LogP contribution in [-0.2, 0) is 43.1 Å². The van der Waals surface area contributed by atoms with Gasteiger partial charge in [-0.3, -0.25) is 38.4 Å². The second-order valence-corrected chi connectivity index (χ2v) is 10.1. The SMILES string of the molecule is O=C(O)C1C2C=CC(C1C(=O)O)C(C(=O)OC(=O)C1C3C=CC(C(C(=O)O)C3C(=O)O)C1C(=O)O)C2C(=O)O. The quantitative estimate of drug-likeness (QED) is 0.122. The Labute approximate surface area is 217 Å². The molecule has 0 heterocycles. The summed E-state index contributed by atoms with van der Waals surface area (Å²) < 4.78 is 4.89. The zero-order chi connectivity index (χ0) is 29.1. The fourth-order valence-corrected chi connectivity index (χ4v) is 7.03. The Morgan fingerprint density at radius 1 is 0.359 bits per heavy atom. The third-order valence-corrected chi connectivity index (χ3v) is 8.43. The molecular formula is C24H22O15. The van der Waals surface area contributed by atoms with E-state index in [1.807, 2.05) is 0 Å². The van der Waals surface area contributed by atoms with E-state index in [0.717, 1.165) is 0 Å². The van der Waals surface area contributed by atoms with Crippen LogP contribution in [0.1, 0.15) is 0 Å². The molecule has 0 aromatic rings. The maximum Gasteiger partial charge on any atom is 0.318 e. The van der Waals surface area contributed by atoms with Crippen molar-refractivity contribution in [3.63, 3.8) is 0 Å². The van der Waals surface area contributed by atoms with Gasteiger partial charge in [-0.15, -0.1) is 0 Å². The minimum absolute atomic E-state index is 1.17. The van der Waals surface area contributed by atoms with Crippen molar-refractivity contribution in [2.45, 2.75) is 0 Å². The van der Waals surface area contributed by atoms with Gasteiger partial charge in [-0.25, -0.2) is 0 Å². The van der Waals surface area contributed by atoms with Crippen LogP contribution in [0.3, 0.4) is 0 Å². The summed E-state index contributed by atoms with van der Waals surface area (Å²) in [5.41, 5.74) is 0. The summed E-state index contributed by atoms with van der Waals surface area (Å²) in [6.45, 7) is 0. The molecule has 6 N–H and O–H groups in total. The number of rotatable bonds is 8. The molecular weight excluding hydrogens is 528 g/mol. The summed E-state index contributed by atoms with van der Waals surface area (Å²) in [6.07, 6.45) is 4.70. The molecule has 0 spiro atoms. The zero-order valence-electron chi connectivity index (χ0n) is 19.6. The van der Waals surface area contributed by atoms with E-state index in [0.29, 0.717) is 0 Å². The molecule has 4 bridgehead atoms. The standard InChI is InChI=1S/C24H22O15/c25-17(26)9-5-1-3-7(11(9)19(29)30)15(13(5)21(33)34)23(37)39-24(38)16-8-4-2-6(14(16)22(35)36)10(18(27)28)12(8)20(31)32/h1-16H,(H,25,26)(H,27,28)(H,29,30)(H,31,32)(H,33,34)(H,35,36). The topological polar surface area (TPSA) is 267 Å². The van der Waals surface area contributed by atoms with Crippen molar-refractivity contribution >= 4 is 47.8 Å². The van der Waals surface area contributed by atoms with Crippen LogP contribution >= 0.6 is 0 Å². The number of ether oxygens (including phenoxy) is 1. The first kappa shape index (κ1) is 27.5. The van der Waals surface area contributed by atoms with Crippen LogP contribution in [0.4, 0.5) is 0 Å². The molecule has 0 aromatic heterocycles. The van der Waals surface area contributed by atoms with E-state index >= 15 is 0 Å². The molecule has 2 fully saturated rings. The fourth-order valence-electron chi connectivity index (χ4n) is 7.03. The Hall–Kier alpha value is -4.56. The van der Waals surface area contributed by atoms with Gasteiger partial charge in [0.05, 0.1) is 47.3 Å². The third kappa shape index (κ3) is 4.13. The van der Waals surface area contributed by atoms with Crippen molar-refractivity contribution in [1.29, 1.82) is 0 Å². The third-order valence-electron chi connectivity index (χ3n) is 8.43. The predicted molar refractivity (Wildman–Crippen MR) is 117 cm³/mol. The minimum atomic E-state index is -1.83. The van der Waals surface area contributed by atoms with Gasteiger partial charge in [0.1, 0.15) is 0 Å². The summed E-state index contributed by atoms with van der Waals surface area (Å²) in [5.74, 6) is -32.9. The molecule has 6 aliphatic rings. The normalized spacial score (nSPS) is 39.5. The second kappa shape index (κ2) is 9.63. The molecule has 0 aliphatic heterocycles. The molecule has 0 radical (unpaired) electrons. The van der Waals surface area contributed by atoms with Crippen molar-refractivity contribution in [1.82, 2.24) is 0 Å². The first-order valence-corrected chi connectivity index (χ1v) is 11.7. The lowest BCUT2D eigenvalue weighted by Gasteiger charge is -2.49. The molecule has 0 saturated heterocycles. The average molecular weight is 550 g/mol. The number of hydrogen-bond acceptors (Lipinski definition) is 9. The van der Waals surface area contributed by atoms with Gasteiger partial charge in [0.2, 0.25) is 0 Å². The molecule has 12 atom stereocenters. The first-order chi connectivity index (χ1) is 18.2. The predicted octanol–water partition coefficient (Wildman–Crippen LogP) is -0.875. The number of esters is 2. The van der Waals surface area contributed by atoms with E-state index < -0.39 is 119 Å². The van der Waals surface area contributed by atoms with Gasteiger partial charge in [0.25, 0.3) is 0 Å². The summed E-state index contributed by atoms with van der Waals surface area (Å²) in [6, 6.07) is 0. The molecule has 0 aromatic carbocycles. The smallest absolute Gasteiger partial charge is 0.318 e. The molecule has 15 heteroatoms. The van der Waals surface area contributed by atoms with Crippen LogP contribution in [0.15, 0.2) is 24.3 Å². The number of aliphatic carboxylic acids is 6. The van der Waals surface area contributed by atoms with Crippen molar-refractivity contribution < 1.29 is 73.7 Å². The van der Waals surface area contributed by atoms with Crippen LogP contribution < -0.4 is 0 Å². The number of carbonyl (C=O) groups excluding carboxylic acids is 2. The van der Waals surface area contributed by atoms with E-state index in [1.54, 1.807) is 0 Å². The van der Waals surface area contributed by atoms with Crippen LogP contribution in [0.5, 0.6) is 0 Å². The highest BCUT2D eigenvalue weighted by molar-refractivity contribution is 5.96. The number of hydrogen-bond donors (Lipinski definition) is 6. The van der Waals surface area contributed by atoms with Crippen molar-refractivity contribution in [3.8, 4) is 0 Å². The Bertz CT molecular complexity index is 1150. The lowest BCUT2D eigenvalue weighted by atomic mass is 9.52. The molecule has 2 saturated carbocycles. The Morgan fingerprint density at radius 2 is 0.538 bits per heavy atom. The average Bonchev–Trinajstić information content (AvgIpc) is 2.86. The molecule has 208 valence electrons. The number of allylic oxidation sites excluding steroid dienone is 4. The van der Waals surface area contributed by atoms with Gasteiger partial charge in [-0.1, -0.05) is 24.3 Å². The molecule has 15 nitrogen and oxygen atoms in total. The van der Waals surface area contributed by atoms with E-state index in [-0.39, 0.29) is 0 Å². The number of carbonyl (C=O) groups is 8. The minimum Gasteiger partial charge on any atom is -0.481 e. The second-order valence-electron chi connectivity index (χ2n) is 10.1. The van der Waals surface area contributed by atoms with Crippen LogP contribution in [0.2, 0.25) is 0 Å². The summed E-state index contributed by atoms with van der Waals surface area (Å²) in [5, 5.41) is 58.1. The Kier molecular flexibility index (Phi) is 6.79. The number of carboxylic acids is 6. The Morgan fingerprint density at radius 3 is 0.744 bits per heavy atom. The highest BCUT2D eigenvalue weighted by Crippen LogP contribution is 2.54. The van der Waals surface area contributed by atoms with Gasteiger partial charge in [-0.05, 0) is 0 Å². The zero-order valence-corrected chi connectivity index (χ0v) is 19.6. The first-order valence-electron chi connectivity index (χ1n) is 11.7. The molecule has 6 aliphatic carbocycles. The highest BCUT2D eigenvalue weighted by atomic mass is 16.6. The monoisotopic (exact) mass is 550 g/mol. The highest BCUT2D eigenvalue weighted by Gasteiger charge is 2.64. The van der Waals surface area contributed by atoms with E-state index in [2.05, 4.69) is 0 Å². The molecule has 6 rings (SSSR count). The van der Waals surface area contributed by atoms with E-state index in [9.17, 15) is 69.0 Å². The molecule has 39 heavy (non-hydrogen) atoms. The number of fused-ring (bicyclic) bond motifs is 4. The summed E-state index contributed by atoms with van der Waals surface area (Å²) in [4.78, 5) is 98.1. The van der Waals surface area contributed by atoms with Gasteiger partial charge in [0, 0.05) is 23.7 Å². The van der Waals surface area contributed by atoms with Crippen LogP contribution in [0, 0.1) is 71.0 Å². The summed E-state index contributed by atoms with van der Waals surface area (Å²) in [7, 11) is 0. The Balaban J connectivity index is 1.68. The van der Waals surface area contributed by atoms with Crippen molar-refractivity contribution in [2.75, 3.05) is 0 Å². The largest absolute Gasteiger partial charge is 0.481 e. The van der Waals surface area contributed by atoms with Crippen LogP contribution in [0.25, 0.3) is 0 Å². The lowest BCUT2D eigenvalue weighted by Crippen LogP contribution is -2.59. The van der Waals surface area contributed by atoms with Crippen molar-refractivity contribution in [3.05, 3.63) is 24.3 Å². The van der Waals surface area contributed by atoms with Gasteiger partial charge in [0.15, 0.2) is 0 Å². The lowest BCUT2D eigenvalue weighted by molar-refractivity contribution is -0.189. The fraction of sp³-hybridized carbons (Fsp3) is 0.500. The van der Waals surface area contributed by atoms with Crippen molar-refractivity contribution in [2.24, 2.45) is 71.0 Å².